The quantitative estimate of drug-likeness (QED) is 0.816. The average molecular weight is 225 g/mol. The average Bonchev–Trinajstić information content (AvgIpc) is 2.44. The van der Waals surface area contributed by atoms with Crippen molar-refractivity contribution in [1.82, 2.24) is 5.32 Å². The minimum Gasteiger partial charge on any atom is -0.316 e. The second-order valence-electron chi connectivity index (χ2n) is 4.55. The molecule has 2 rings (SSSR count). The SMILES string of the molecule is Fc1cc(F)cc(CC2CCCCNC2)c1. The summed E-state index contributed by atoms with van der Waals surface area (Å²) in [6.07, 6.45) is 4.32. The molecule has 0 bridgehead atoms. The molecule has 1 aromatic rings. The molecule has 0 saturated carbocycles. The number of rotatable bonds is 2. The lowest BCUT2D eigenvalue weighted by atomic mass is 9.95. The Morgan fingerprint density at radius 1 is 1.12 bits per heavy atom. The second kappa shape index (κ2) is 5.39. The first-order valence-electron chi connectivity index (χ1n) is 5.90. The van der Waals surface area contributed by atoms with E-state index in [0.29, 0.717) is 5.92 Å². The molecule has 1 aromatic carbocycles. The van der Waals surface area contributed by atoms with Crippen molar-refractivity contribution in [2.75, 3.05) is 13.1 Å². The summed E-state index contributed by atoms with van der Waals surface area (Å²) in [5.41, 5.74) is 0.770. The Kier molecular flexibility index (Phi) is 3.88. The Bertz CT molecular complexity index is 324. The fourth-order valence-electron chi connectivity index (χ4n) is 2.33. The molecule has 16 heavy (non-hydrogen) atoms. The molecule has 0 radical (unpaired) electrons. The molecule has 0 amide bonds. The lowest BCUT2D eigenvalue weighted by Gasteiger charge is -2.14. The van der Waals surface area contributed by atoms with E-state index in [4.69, 9.17) is 0 Å². The smallest absolute Gasteiger partial charge is 0.126 e. The summed E-state index contributed by atoms with van der Waals surface area (Å²) in [7, 11) is 0. The van der Waals surface area contributed by atoms with Crippen LogP contribution in [0.25, 0.3) is 0 Å². The van der Waals surface area contributed by atoms with Gasteiger partial charge in [-0.25, -0.2) is 8.78 Å². The molecule has 3 heteroatoms. The van der Waals surface area contributed by atoms with Gasteiger partial charge < -0.3 is 5.32 Å². The van der Waals surface area contributed by atoms with Crippen molar-refractivity contribution in [3.63, 3.8) is 0 Å². The van der Waals surface area contributed by atoms with E-state index in [0.717, 1.165) is 37.6 Å². The molecule has 1 fully saturated rings. The van der Waals surface area contributed by atoms with Gasteiger partial charge in [-0.15, -0.1) is 0 Å². The summed E-state index contributed by atoms with van der Waals surface area (Å²) in [4.78, 5) is 0. The van der Waals surface area contributed by atoms with E-state index in [9.17, 15) is 8.78 Å². The Balaban J connectivity index is 2.01. The van der Waals surface area contributed by atoms with Crippen molar-refractivity contribution in [3.8, 4) is 0 Å². The van der Waals surface area contributed by atoms with Crippen LogP contribution in [0.3, 0.4) is 0 Å². The number of hydrogen-bond donors (Lipinski definition) is 1. The number of benzene rings is 1. The molecule has 1 unspecified atom stereocenters. The van der Waals surface area contributed by atoms with Crippen molar-refractivity contribution in [1.29, 1.82) is 0 Å². The lowest BCUT2D eigenvalue weighted by Crippen LogP contribution is -2.22. The van der Waals surface area contributed by atoms with Crippen LogP contribution in [-0.2, 0) is 6.42 Å². The van der Waals surface area contributed by atoms with Gasteiger partial charge in [0, 0.05) is 6.07 Å². The van der Waals surface area contributed by atoms with Crippen molar-refractivity contribution >= 4 is 0 Å². The molecule has 1 saturated heterocycles. The maximum absolute atomic E-state index is 13.0. The monoisotopic (exact) mass is 225 g/mol. The molecule has 1 aliphatic heterocycles. The van der Waals surface area contributed by atoms with Gasteiger partial charge in [0.25, 0.3) is 0 Å². The minimum atomic E-state index is -0.475. The first kappa shape index (κ1) is 11.5. The van der Waals surface area contributed by atoms with E-state index in [1.807, 2.05) is 0 Å². The summed E-state index contributed by atoms with van der Waals surface area (Å²) in [6, 6.07) is 3.80. The van der Waals surface area contributed by atoms with Gasteiger partial charge in [-0.2, -0.15) is 0 Å². The molecule has 0 aromatic heterocycles. The molecule has 1 heterocycles. The van der Waals surface area contributed by atoms with Gasteiger partial charge >= 0.3 is 0 Å². The van der Waals surface area contributed by atoms with E-state index in [2.05, 4.69) is 5.32 Å². The third-order valence-electron chi connectivity index (χ3n) is 3.10. The van der Waals surface area contributed by atoms with Gasteiger partial charge in [0.1, 0.15) is 11.6 Å². The highest BCUT2D eigenvalue weighted by molar-refractivity contribution is 5.18. The largest absolute Gasteiger partial charge is 0.316 e. The molecule has 1 N–H and O–H groups in total. The van der Waals surface area contributed by atoms with Gasteiger partial charge in [0.15, 0.2) is 0 Å². The summed E-state index contributed by atoms with van der Waals surface area (Å²) in [6.45, 7) is 2.02. The van der Waals surface area contributed by atoms with Crippen LogP contribution in [0.4, 0.5) is 8.78 Å². The predicted molar refractivity (Wildman–Crippen MR) is 60.3 cm³/mol. The third kappa shape index (κ3) is 3.27. The highest BCUT2D eigenvalue weighted by Crippen LogP contribution is 2.18. The van der Waals surface area contributed by atoms with Crippen LogP contribution in [0.5, 0.6) is 0 Å². The number of nitrogens with one attached hydrogen (secondary N) is 1. The number of halogens is 2. The zero-order chi connectivity index (χ0) is 11.4. The van der Waals surface area contributed by atoms with E-state index < -0.39 is 11.6 Å². The van der Waals surface area contributed by atoms with Crippen LogP contribution in [0, 0.1) is 17.6 Å². The van der Waals surface area contributed by atoms with Crippen LogP contribution in [0.1, 0.15) is 24.8 Å². The first-order valence-corrected chi connectivity index (χ1v) is 5.90. The Hall–Kier alpha value is -0.960. The Morgan fingerprint density at radius 3 is 2.62 bits per heavy atom. The summed E-state index contributed by atoms with van der Waals surface area (Å²) in [5.74, 6) is -0.447. The number of hydrogen-bond acceptors (Lipinski definition) is 1. The molecule has 1 aliphatic rings. The second-order valence-corrected chi connectivity index (χ2v) is 4.55. The van der Waals surface area contributed by atoms with E-state index in [1.54, 1.807) is 0 Å². The molecule has 0 aliphatic carbocycles. The maximum Gasteiger partial charge on any atom is 0.126 e. The maximum atomic E-state index is 13.0. The zero-order valence-electron chi connectivity index (χ0n) is 9.31. The standard InChI is InChI=1S/C13H17F2N/c14-12-6-11(7-13(15)8-12)5-10-3-1-2-4-16-9-10/h6-8,10,16H,1-5,9H2. The Labute approximate surface area is 94.9 Å². The van der Waals surface area contributed by atoms with E-state index in [-0.39, 0.29) is 0 Å². The van der Waals surface area contributed by atoms with Gasteiger partial charge in [-0.05, 0) is 56.0 Å². The molecule has 1 atom stereocenters. The molecular weight excluding hydrogens is 208 g/mol. The fraction of sp³-hybridized carbons (Fsp3) is 0.538. The van der Waals surface area contributed by atoms with Crippen LogP contribution in [0.2, 0.25) is 0 Å². The highest BCUT2D eigenvalue weighted by Gasteiger charge is 2.13. The third-order valence-corrected chi connectivity index (χ3v) is 3.10. The molecule has 88 valence electrons. The van der Waals surface area contributed by atoms with Crippen molar-refractivity contribution in [2.45, 2.75) is 25.7 Å². The highest BCUT2D eigenvalue weighted by atomic mass is 19.1. The van der Waals surface area contributed by atoms with Crippen LogP contribution < -0.4 is 5.32 Å². The molecular formula is C13H17F2N. The normalized spacial score (nSPS) is 21.8. The summed E-state index contributed by atoms with van der Waals surface area (Å²) >= 11 is 0. The van der Waals surface area contributed by atoms with Crippen molar-refractivity contribution in [2.24, 2.45) is 5.92 Å². The fourth-order valence-corrected chi connectivity index (χ4v) is 2.33. The Morgan fingerprint density at radius 2 is 1.88 bits per heavy atom. The minimum absolute atomic E-state index is 0.475. The predicted octanol–water partition coefficient (Wildman–Crippen LogP) is 2.90. The van der Waals surface area contributed by atoms with Gasteiger partial charge in [0.2, 0.25) is 0 Å². The van der Waals surface area contributed by atoms with Gasteiger partial charge in [0.05, 0.1) is 0 Å². The van der Waals surface area contributed by atoms with Crippen molar-refractivity contribution in [3.05, 3.63) is 35.4 Å². The van der Waals surface area contributed by atoms with E-state index in [1.165, 1.54) is 25.0 Å². The van der Waals surface area contributed by atoms with Gasteiger partial charge in [-0.3, -0.25) is 0 Å². The van der Waals surface area contributed by atoms with Crippen LogP contribution in [-0.4, -0.2) is 13.1 Å². The van der Waals surface area contributed by atoms with Crippen molar-refractivity contribution < 1.29 is 8.78 Å². The summed E-state index contributed by atoms with van der Waals surface area (Å²) in [5, 5.41) is 3.36. The summed E-state index contributed by atoms with van der Waals surface area (Å²) < 4.78 is 26.0. The topological polar surface area (TPSA) is 12.0 Å². The van der Waals surface area contributed by atoms with E-state index >= 15 is 0 Å². The lowest BCUT2D eigenvalue weighted by molar-refractivity contribution is 0.474. The molecule has 1 nitrogen and oxygen atoms in total. The van der Waals surface area contributed by atoms with Gasteiger partial charge in [-0.1, -0.05) is 6.42 Å². The van der Waals surface area contributed by atoms with Crippen LogP contribution in [0.15, 0.2) is 18.2 Å². The first-order chi connectivity index (χ1) is 7.74. The molecule has 0 spiro atoms. The van der Waals surface area contributed by atoms with Crippen LogP contribution >= 0.6 is 0 Å². The zero-order valence-corrected chi connectivity index (χ0v) is 9.31.